The van der Waals surface area contributed by atoms with Gasteiger partial charge in [0.1, 0.15) is 0 Å². The van der Waals surface area contributed by atoms with E-state index < -0.39 is 0 Å². The third kappa shape index (κ3) is 2.99. The lowest BCUT2D eigenvalue weighted by Crippen LogP contribution is -2.15. The fourth-order valence-electron chi connectivity index (χ4n) is 1.56. The van der Waals surface area contributed by atoms with Gasteiger partial charge in [-0.25, -0.2) is 0 Å². The maximum absolute atomic E-state index is 4.52. The quantitative estimate of drug-likeness (QED) is 0.578. The molecule has 0 aliphatic carbocycles. The number of nitrogens with one attached hydrogen (secondary N) is 1. The van der Waals surface area contributed by atoms with E-state index in [0.717, 1.165) is 0 Å². The van der Waals surface area contributed by atoms with Crippen molar-refractivity contribution in [3.05, 3.63) is 34.9 Å². The molecule has 1 aromatic rings. The first-order valence-electron chi connectivity index (χ1n) is 5.32. The van der Waals surface area contributed by atoms with Gasteiger partial charge < -0.3 is 5.32 Å². The van der Waals surface area contributed by atoms with Crippen LogP contribution in [0.5, 0.6) is 0 Å². The molecule has 1 nitrogen and oxygen atoms in total. The summed E-state index contributed by atoms with van der Waals surface area (Å²) in [4.78, 5) is 0. The SMILES string of the molecule is CNC(S)c1cc(C(C)(C)C)ccc1C. The Hall–Kier alpha value is -0.470. The van der Waals surface area contributed by atoms with Crippen LogP contribution in [0.25, 0.3) is 0 Å². The van der Waals surface area contributed by atoms with Gasteiger partial charge in [0.2, 0.25) is 0 Å². The minimum absolute atomic E-state index is 0.118. The lowest BCUT2D eigenvalue weighted by molar-refractivity contribution is 0.588. The van der Waals surface area contributed by atoms with E-state index in [-0.39, 0.29) is 10.8 Å². The van der Waals surface area contributed by atoms with E-state index in [9.17, 15) is 0 Å². The van der Waals surface area contributed by atoms with Crippen molar-refractivity contribution in [2.75, 3.05) is 7.05 Å². The van der Waals surface area contributed by atoms with E-state index in [1.54, 1.807) is 0 Å². The Morgan fingerprint density at radius 3 is 2.33 bits per heavy atom. The molecule has 1 unspecified atom stereocenters. The number of benzene rings is 1. The Morgan fingerprint density at radius 1 is 1.27 bits per heavy atom. The van der Waals surface area contributed by atoms with Crippen LogP contribution in [0.2, 0.25) is 0 Å². The largest absolute Gasteiger partial charge is 0.305 e. The molecule has 1 N–H and O–H groups in total. The Kier molecular flexibility index (Phi) is 3.85. The van der Waals surface area contributed by atoms with Gasteiger partial charge in [0.25, 0.3) is 0 Å². The van der Waals surface area contributed by atoms with Crippen LogP contribution < -0.4 is 5.32 Å². The Morgan fingerprint density at radius 2 is 1.87 bits per heavy atom. The summed E-state index contributed by atoms with van der Waals surface area (Å²) in [5, 5.41) is 3.28. The maximum Gasteiger partial charge on any atom is 0.0760 e. The Bertz CT molecular complexity index is 339. The van der Waals surface area contributed by atoms with E-state index in [1.165, 1.54) is 16.7 Å². The molecule has 0 aromatic heterocycles. The van der Waals surface area contributed by atoms with Crippen molar-refractivity contribution < 1.29 is 0 Å². The summed E-state index contributed by atoms with van der Waals surface area (Å²) in [5.74, 6) is 0. The zero-order chi connectivity index (χ0) is 11.6. The van der Waals surface area contributed by atoms with Crippen LogP contribution in [0.4, 0.5) is 0 Å². The summed E-state index contributed by atoms with van der Waals surface area (Å²) in [6.07, 6.45) is 0. The molecular formula is C13H21NS. The molecule has 0 aliphatic heterocycles. The maximum atomic E-state index is 4.52. The first-order valence-corrected chi connectivity index (χ1v) is 5.84. The summed E-state index contributed by atoms with van der Waals surface area (Å²) in [7, 11) is 1.93. The van der Waals surface area contributed by atoms with Crippen molar-refractivity contribution in [3.8, 4) is 0 Å². The Labute approximate surface area is 98.7 Å². The third-order valence-corrected chi connectivity index (χ3v) is 3.25. The minimum Gasteiger partial charge on any atom is -0.305 e. The zero-order valence-corrected chi connectivity index (χ0v) is 11.2. The predicted octanol–water partition coefficient (Wildman–Crippen LogP) is 3.44. The normalized spacial score (nSPS) is 14.0. The second-order valence-electron chi connectivity index (χ2n) is 5.01. The van der Waals surface area contributed by atoms with E-state index in [4.69, 9.17) is 0 Å². The second-order valence-corrected chi connectivity index (χ2v) is 5.53. The van der Waals surface area contributed by atoms with Gasteiger partial charge in [-0.05, 0) is 36.1 Å². The summed E-state index contributed by atoms with van der Waals surface area (Å²) in [6.45, 7) is 8.82. The van der Waals surface area contributed by atoms with Crippen LogP contribution in [0.3, 0.4) is 0 Å². The van der Waals surface area contributed by atoms with Gasteiger partial charge in [0.15, 0.2) is 0 Å². The molecule has 1 rings (SSSR count). The molecule has 0 amide bonds. The highest BCUT2D eigenvalue weighted by Crippen LogP contribution is 2.28. The minimum atomic E-state index is 0.118. The van der Waals surface area contributed by atoms with Crippen molar-refractivity contribution in [2.24, 2.45) is 0 Å². The lowest BCUT2D eigenvalue weighted by atomic mass is 9.85. The van der Waals surface area contributed by atoms with E-state index in [1.807, 2.05) is 7.05 Å². The molecule has 0 saturated carbocycles. The molecule has 1 aromatic carbocycles. The molecule has 1 atom stereocenters. The zero-order valence-electron chi connectivity index (χ0n) is 10.3. The smallest absolute Gasteiger partial charge is 0.0760 e. The fraction of sp³-hybridized carbons (Fsp3) is 0.538. The fourth-order valence-corrected chi connectivity index (χ4v) is 1.84. The van der Waals surface area contributed by atoms with Gasteiger partial charge in [-0.1, -0.05) is 39.0 Å². The van der Waals surface area contributed by atoms with Gasteiger partial charge >= 0.3 is 0 Å². The van der Waals surface area contributed by atoms with E-state index in [0.29, 0.717) is 0 Å². The van der Waals surface area contributed by atoms with Crippen molar-refractivity contribution in [2.45, 2.75) is 38.5 Å². The van der Waals surface area contributed by atoms with Gasteiger partial charge in [-0.15, -0.1) is 0 Å². The average molecular weight is 223 g/mol. The summed E-state index contributed by atoms with van der Waals surface area (Å²) < 4.78 is 0. The number of hydrogen-bond donors (Lipinski definition) is 2. The highest BCUT2D eigenvalue weighted by atomic mass is 32.1. The van der Waals surface area contributed by atoms with Crippen molar-refractivity contribution >= 4 is 12.6 Å². The Balaban J connectivity index is 3.17. The lowest BCUT2D eigenvalue weighted by Gasteiger charge is -2.22. The molecule has 0 heterocycles. The number of aryl methyl sites for hydroxylation is 1. The summed E-state index contributed by atoms with van der Waals surface area (Å²) in [6, 6.07) is 6.63. The van der Waals surface area contributed by atoms with Crippen molar-refractivity contribution in [3.63, 3.8) is 0 Å². The molecular weight excluding hydrogens is 202 g/mol. The molecule has 0 aliphatic rings. The number of hydrogen-bond acceptors (Lipinski definition) is 2. The van der Waals surface area contributed by atoms with Crippen LogP contribution in [-0.4, -0.2) is 7.05 Å². The first kappa shape index (κ1) is 12.6. The van der Waals surface area contributed by atoms with E-state index >= 15 is 0 Å². The molecule has 2 heteroatoms. The summed E-state index contributed by atoms with van der Waals surface area (Å²) in [5.41, 5.74) is 4.12. The average Bonchev–Trinajstić information content (AvgIpc) is 2.15. The van der Waals surface area contributed by atoms with Gasteiger partial charge in [0.05, 0.1) is 5.37 Å². The molecule has 15 heavy (non-hydrogen) atoms. The number of rotatable bonds is 2. The predicted molar refractivity (Wildman–Crippen MR) is 70.7 cm³/mol. The van der Waals surface area contributed by atoms with E-state index in [2.05, 4.69) is 63.8 Å². The van der Waals surface area contributed by atoms with Crippen molar-refractivity contribution in [1.29, 1.82) is 0 Å². The second kappa shape index (κ2) is 4.58. The standard InChI is InChI=1S/C13H21NS/c1-9-6-7-10(13(2,3)4)8-11(9)12(15)14-5/h6-8,12,14-15H,1-5H3. The van der Waals surface area contributed by atoms with Crippen molar-refractivity contribution in [1.82, 2.24) is 5.32 Å². The van der Waals surface area contributed by atoms with Crippen LogP contribution in [0.15, 0.2) is 18.2 Å². The molecule has 0 bridgehead atoms. The molecule has 0 fully saturated rings. The highest BCUT2D eigenvalue weighted by Gasteiger charge is 2.16. The van der Waals surface area contributed by atoms with Gasteiger partial charge in [0, 0.05) is 0 Å². The van der Waals surface area contributed by atoms with Crippen LogP contribution in [0, 0.1) is 6.92 Å². The van der Waals surface area contributed by atoms with Gasteiger partial charge in [-0.2, -0.15) is 12.6 Å². The third-order valence-electron chi connectivity index (χ3n) is 2.71. The highest BCUT2D eigenvalue weighted by molar-refractivity contribution is 7.80. The summed E-state index contributed by atoms with van der Waals surface area (Å²) >= 11 is 4.52. The molecule has 0 saturated heterocycles. The molecule has 84 valence electrons. The van der Waals surface area contributed by atoms with Crippen LogP contribution in [0.1, 0.15) is 42.8 Å². The monoisotopic (exact) mass is 223 g/mol. The van der Waals surface area contributed by atoms with Crippen LogP contribution in [-0.2, 0) is 5.41 Å². The topological polar surface area (TPSA) is 12.0 Å². The van der Waals surface area contributed by atoms with Gasteiger partial charge in [-0.3, -0.25) is 0 Å². The molecule has 0 radical (unpaired) electrons. The molecule has 0 spiro atoms. The first-order chi connectivity index (χ1) is 6.86. The van der Waals surface area contributed by atoms with Crippen LogP contribution >= 0.6 is 12.6 Å². The number of thiol groups is 1.